The van der Waals surface area contributed by atoms with E-state index in [2.05, 4.69) is 41.7 Å². The third kappa shape index (κ3) is 13.5. The van der Waals surface area contributed by atoms with E-state index in [0.29, 0.717) is 18.6 Å². The van der Waals surface area contributed by atoms with Crippen molar-refractivity contribution >= 4 is 35.5 Å². The van der Waals surface area contributed by atoms with Crippen LogP contribution in [0.15, 0.2) is 36.9 Å². The van der Waals surface area contributed by atoms with E-state index in [1.807, 2.05) is 0 Å². The molecular weight excluding hydrogens is 630 g/mol. The molecule has 49 heavy (non-hydrogen) atoms. The normalized spacial score (nSPS) is 16.0. The number of carbonyl (C=O) groups excluding carboxylic acids is 6. The van der Waals surface area contributed by atoms with Crippen molar-refractivity contribution in [2.24, 2.45) is 10.8 Å². The summed E-state index contributed by atoms with van der Waals surface area (Å²) in [5.41, 5.74) is -0.773. The predicted molar refractivity (Wildman–Crippen MR) is 187 cm³/mol. The van der Waals surface area contributed by atoms with Crippen LogP contribution in [0, 0.1) is 10.8 Å². The second-order valence-corrected chi connectivity index (χ2v) is 14.2. The Bertz CT molecular complexity index is 1300. The fourth-order valence-electron chi connectivity index (χ4n) is 4.83. The number of hydrogen-bond acceptors (Lipinski definition) is 8. The first-order chi connectivity index (χ1) is 22.8. The van der Waals surface area contributed by atoms with Crippen LogP contribution < -0.4 is 26.0 Å². The van der Waals surface area contributed by atoms with Crippen LogP contribution in [0.5, 0.6) is 5.75 Å². The van der Waals surface area contributed by atoms with Crippen LogP contribution >= 0.6 is 0 Å². The second-order valence-electron chi connectivity index (χ2n) is 14.2. The fraction of sp³-hybridized carbons (Fsp3) is 0.611. The van der Waals surface area contributed by atoms with Gasteiger partial charge in [-0.1, -0.05) is 80.0 Å². The molecule has 5 amide bonds. The van der Waals surface area contributed by atoms with Crippen LogP contribution in [0.25, 0.3) is 0 Å². The number of benzene rings is 1. The molecule has 1 aliphatic rings. The van der Waals surface area contributed by atoms with Crippen molar-refractivity contribution in [1.82, 2.24) is 26.2 Å². The lowest BCUT2D eigenvalue weighted by atomic mass is 9.85. The second kappa shape index (κ2) is 19.5. The number of carbonyl (C=O) groups is 6. The number of Topliss-reactive ketones (excluding diaryl/α,β-unsaturated/α-hetero) is 1. The van der Waals surface area contributed by atoms with E-state index < -0.39 is 70.5 Å². The predicted octanol–water partition coefficient (Wildman–Crippen LogP) is 3.65. The number of ketones is 1. The highest BCUT2D eigenvalue weighted by Gasteiger charge is 2.43. The van der Waals surface area contributed by atoms with Gasteiger partial charge in [0.05, 0.1) is 13.2 Å². The van der Waals surface area contributed by atoms with E-state index in [-0.39, 0.29) is 19.7 Å². The van der Waals surface area contributed by atoms with Crippen LogP contribution in [0.4, 0.5) is 4.79 Å². The lowest BCUT2D eigenvalue weighted by molar-refractivity contribution is -0.150. The zero-order valence-corrected chi connectivity index (χ0v) is 30.9. The molecule has 1 saturated heterocycles. The first-order valence-corrected chi connectivity index (χ1v) is 16.7. The fourth-order valence-corrected chi connectivity index (χ4v) is 4.83. The molecule has 13 nitrogen and oxygen atoms in total. The molecule has 3 unspecified atom stereocenters. The van der Waals surface area contributed by atoms with E-state index in [4.69, 9.17) is 9.47 Å². The molecule has 0 aliphatic carbocycles. The maximum atomic E-state index is 13.9. The zero-order valence-electron chi connectivity index (χ0n) is 30.9. The molecule has 4 N–H and O–H groups in total. The average Bonchev–Trinajstić information content (AvgIpc) is 3.53. The molecule has 0 aromatic heterocycles. The number of nitrogens with one attached hydrogen (secondary N) is 4. The lowest BCUT2D eigenvalue weighted by Gasteiger charge is -2.36. The molecule has 2 rings (SSSR count). The van der Waals surface area contributed by atoms with Gasteiger partial charge < -0.3 is 35.6 Å². The van der Waals surface area contributed by atoms with Crippen molar-refractivity contribution in [3.63, 3.8) is 0 Å². The van der Waals surface area contributed by atoms with Gasteiger partial charge in [0.15, 0.2) is 0 Å². The molecule has 1 aromatic rings. The highest BCUT2D eigenvalue weighted by Crippen LogP contribution is 2.27. The molecule has 4 atom stereocenters. The Labute approximate surface area is 291 Å². The van der Waals surface area contributed by atoms with Gasteiger partial charge in [0.25, 0.3) is 5.91 Å². The van der Waals surface area contributed by atoms with Crippen LogP contribution in [0.2, 0.25) is 0 Å². The molecule has 0 spiro atoms. The molecule has 274 valence electrons. The van der Waals surface area contributed by atoms with Gasteiger partial charge in [-0.05, 0) is 48.3 Å². The zero-order chi connectivity index (χ0) is 37.5. The van der Waals surface area contributed by atoms with Crippen LogP contribution in [0.3, 0.4) is 0 Å². The minimum absolute atomic E-state index is 0.00999. The smallest absolute Gasteiger partial charge is 0.329 e. The van der Waals surface area contributed by atoms with Gasteiger partial charge in [-0.2, -0.15) is 0 Å². The SMILES string of the molecule is C=CCNC(=O)C(=O)C(C)NC(=O)[C@@H]1CCCN1C(=O)C(NC(=O)NC(C(=O)OCc1ccc(OC)cc1)C(C)(C)C)C(C)(C)C.CCC. The van der Waals surface area contributed by atoms with Crippen molar-refractivity contribution in [3.8, 4) is 5.75 Å². The van der Waals surface area contributed by atoms with E-state index in [1.54, 1.807) is 72.9 Å². The summed E-state index contributed by atoms with van der Waals surface area (Å²) >= 11 is 0. The van der Waals surface area contributed by atoms with Gasteiger partial charge in [0, 0.05) is 13.1 Å². The lowest BCUT2D eigenvalue weighted by Crippen LogP contribution is -2.61. The highest BCUT2D eigenvalue weighted by atomic mass is 16.5. The van der Waals surface area contributed by atoms with E-state index >= 15 is 0 Å². The molecule has 1 aliphatic heterocycles. The van der Waals surface area contributed by atoms with E-state index in [1.165, 1.54) is 24.3 Å². The maximum Gasteiger partial charge on any atom is 0.329 e. The Morgan fingerprint density at radius 1 is 0.939 bits per heavy atom. The number of hydrogen-bond donors (Lipinski definition) is 4. The van der Waals surface area contributed by atoms with Crippen LogP contribution in [-0.4, -0.2) is 84.8 Å². The number of amides is 5. The molecule has 1 fully saturated rings. The molecule has 1 heterocycles. The summed E-state index contributed by atoms with van der Waals surface area (Å²) in [5, 5.41) is 10.3. The number of likely N-dealkylation sites (tertiary alicyclic amines) is 1. The molecule has 0 bridgehead atoms. The number of methoxy groups -OCH3 is 1. The Morgan fingerprint density at radius 3 is 2.00 bits per heavy atom. The van der Waals surface area contributed by atoms with Crippen molar-refractivity contribution < 1.29 is 38.2 Å². The Morgan fingerprint density at radius 2 is 1.49 bits per heavy atom. The monoisotopic (exact) mass is 687 g/mol. The summed E-state index contributed by atoms with van der Waals surface area (Å²) in [6.07, 6.45) is 3.55. The Balaban J connectivity index is 0.00000385. The first-order valence-electron chi connectivity index (χ1n) is 16.7. The largest absolute Gasteiger partial charge is 0.497 e. The minimum atomic E-state index is -1.11. The van der Waals surface area contributed by atoms with Gasteiger partial charge in [-0.15, -0.1) is 6.58 Å². The maximum absolute atomic E-state index is 13.9. The third-order valence-electron chi connectivity index (χ3n) is 7.53. The highest BCUT2D eigenvalue weighted by molar-refractivity contribution is 6.38. The van der Waals surface area contributed by atoms with E-state index in [9.17, 15) is 28.8 Å². The summed E-state index contributed by atoms with van der Waals surface area (Å²) in [4.78, 5) is 79.3. The number of nitrogens with zero attached hydrogens (tertiary/aromatic N) is 1. The standard InChI is InChI=1S/C33H49N5O8.C3H8/c1-10-17-34-28(41)24(39)20(2)35-27(40)23-12-11-18-38(23)29(42)25(32(3,4)5)36-31(44)37-26(33(6,7)8)30(43)46-19-21-13-15-22(45-9)16-14-21;1-3-2/h10,13-16,20,23,25-26H,1,11-12,17-19H2,2-9H3,(H,34,41)(H,35,40)(H2,36,37,44);3H2,1-2H3/t20?,23-,25?,26?;/m0./s1. The molecular formula is C36H57N5O8. The Hall–Kier alpha value is -4.42. The Kier molecular flexibility index (Phi) is 17.0. The minimum Gasteiger partial charge on any atom is -0.497 e. The first kappa shape index (κ1) is 42.6. The van der Waals surface area contributed by atoms with Crippen LogP contribution in [0.1, 0.15) is 87.1 Å². The van der Waals surface area contributed by atoms with Gasteiger partial charge in [-0.3, -0.25) is 19.2 Å². The summed E-state index contributed by atoms with van der Waals surface area (Å²) in [5.74, 6) is -2.72. The van der Waals surface area contributed by atoms with Crippen molar-refractivity contribution in [2.45, 2.75) is 112 Å². The number of ether oxygens (including phenoxy) is 2. The quantitative estimate of drug-likeness (QED) is 0.138. The van der Waals surface area contributed by atoms with Crippen molar-refractivity contribution in [3.05, 3.63) is 42.5 Å². The summed E-state index contributed by atoms with van der Waals surface area (Å²) in [6, 6.07) is 2.15. The average molecular weight is 688 g/mol. The third-order valence-corrected chi connectivity index (χ3v) is 7.53. The van der Waals surface area contributed by atoms with E-state index in [0.717, 1.165) is 5.56 Å². The molecule has 0 saturated carbocycles. The summed E-state index contributed by atoms with van der Waals surface area (Å²) in [7, 11) is 1.55. The van der Waals surface area contributed by atoms with Crippen molar-refractivity contribution in [2.75, 3.05) is 20.2 Å². The topological polar surface area (TPSA) is 172 Å². The molecule has 1 aromatic carbocycles. The number of esters is 1. The van der Waals surface area contributed by atoms with Gasteiger partial charge in [0.1, 0.15) is 30.5 Å². The molecule has 0 radical (unpaired) electrons. The number of urea groups is 1. The van der Waals surface area contributed by atoms with Gasteiger partial charge in [-0.25, -0.2) is 9.59 Å². The van der Waals surface area contributed by atoms with Crippen molar-refractivity contribution in [1.29, 1.82) is 0 Å². The van der Waals surface area contributed by atoms with Crippen LogP contribution in [-0.2, 0) is 35.3 Å². The van der Waals surface area contributed by atoms with Gasteiger partial charge >= 0.3 is 12.0 Å². The molecule has 13 heteroatoms. The summed E-state index contributed by atoms with van der Waals surface area (Å²) in [6.45, 7) is 20.1. The number of rotatable bonds is 13. The summed E-state index contributed by atoms with van der Waals surface area (Å²) < 4.78 is 10.7. The van der Waals surface area contributed by atoms with Gasteiger partial charge in [0.2, 0.25) is 17.6 Å².